The Morgan fingerprint density at radius 3 is 1.27 bits per heavy atom. The minimum Gasteiger partial charge on any atom is -0.466 e. The Hall–Kier alpha value is -1.10. The van der Waals surface area contributed by atoms with Crippen molar-refractivity contribution < 1.29 is 19.1 Å². The standard InChI is InChI=1S/C47H91NO4/c1-4-7-10-13-14-18-28-42-51-46(49)38-25-19-23-34-44(35-29-41-48-39-26-27-40-48)33-22-16-15-17-24-37-47(50)52-43-30-36-45(31-20-11-8-5-2)32-21-12-9-6-3/h44-45H,4-43H2,1-3H3. The first kappa shape index (κ1) is 48.9. The van der Waals surface area contributed by atoms with Gasteiger partial charge in [0.25, 0.3) is 0 Å². The molecule has 0 amide bonds. The summed E-state index contributed by atoms with van der Waals surface area (Å²) in [5.41, 5.74) is 0. The molecular weight excluding hydrogens is 643 g/mol. The van der Waals surface area contributed by atoms with Crippen molar-refractivity contribution in [1.29, 1.82) is 0 Å². The van der Waals surface area contributed by atoms with Crippen molar-refractivity contribution in [2.45, 2.75) is 245 Å². The molecule has 52 heavy (non-hydrogen) atoms. The Labute approximate surface area is 325 Å². The summed E-state index contributed by atoms with van der Waals surface area (Å²) in [6, 6.07) is 0. The molecule has 1 heterocycles. The molecule has 308 valence electrons. The molecule has 0 aliphatic carbocycles. The summed E-state index contributed by atoms with van der Waals surface area (Å²) in [6.45, 7) is 11.9. The second-order valence-electron chi connectivity index (χ2n) is 16.7. The maximum atomic E-state index is 12.4. The zero-order valence-electron chi connectivity index (χ0n) is 35.5. The predicted molar refractivity (Wildman–Crippen MR) is 224 cm³/mol. The SMILES string of the molecule is CCCCCCCCCOC(=O)CCCCCC(CCCCCCCC(=O)OCCCC(CCCCCC)CCCCCC)CCCN1CCCC1. The summed E-state index contributed by atoms with van der Waals surface area (Å²) in [7, 11) is 0. The van der Waals surface area contributed by atoms with Crippen LogP contribution >= 0.6 is 0 Å². The average molecular weight is 734 g/mol. The average Bonchev–Trinajstić information content (AvgIpc) is 3.67. The van der Waals surface area contributed by atoms with Gasteiger partial charge in [-0.2, -0.15) is 0 Å². The molecule has 1 fully saturated rings. The van der Waals surface area contributed by atoms with Gasteiger partial charge in [0.2, 0.25) is 0 Å². The lowest BCUT2D eigenvalue weighted by Crippen LogP contribution is -2.21. The predicted octanol–water partition coefficient (Wildman–Crippen LogP) is 14.3. The van der Waals surface area contributed by atoms with Gasteiger partial charge in [-0.05, 0) is 89.3 Å². The first-order valence-electron chi connectivity index (χ1n) is 23.6. The summed E-state index contributed by atoms with van der Waals surface area (Å²) >= 11 is 0. The first-order valence-corrected chi connectivity index (χ1v) is 23.6. The van der Waals surface area contributed by atoms with Gasteiger partial charge in [-0.3, -0.25) is 9.59 Å². The minimum absolute atomic E-state index is 0.00606. The fraction of sp³-hybridized carbons (Fsp3) is 0.957. The lowest BCUT2D eigenvalue weighted by atomic mass is 9.90. The van der Waals surface area contributed by atoms with E-state index in [2.05, 4.69) is 25.7 Å². The van der Waals surface area contributed by atoms with Crippen LogP contribution < -0.4 is 0 Å². The van der Waals surface area contributed by atoms with Crippen LogP contribution in [0.5, 0.6) is 0 Å². The second kappa shape index (κ2) is 38.2. The van der Waals surface area contributed by atoms with Crippen molar-refractivity contribution >= 4 is 11.9 Å². The molecule has 1 aliphatic rings. The van der Waals surface area contributed by atoms with E-state index in [-0.39, 0.29) is 11.9 Å². The highest BCUT2D eigenvalue weighted by molar-refractivity contribution is 5.69. The normalized spacial score (nSPS) is 14.0. The molecule has 1 saturated heterocycles. The third-order valence-corrected chi connectivity index (χ3v) is 11.7. The van der Waals surface area contributed by atoms with E-state index < -0.39 is 0 Å². The first-order chi connectivity index (χ1) is 25.6. The van der Waals surface area contributed by atoms with Crippen LogP contribution in [0.4, 0.5) is 0 Å². The third-order valence-electron chi connectivity index (χ3n) is 11.7. The monoisotopic (exact) mass is 734 g/mol. The van der Waals surface area contributed by atoms with Gasteiger partial charge in [0.15, 0.2) is 0 Å². The number of esters is 2. The smallest absolute Gasteiger partial charge is 0.305 e. The number of carbonyl (C=O) groups is 2. The molecule has 0 radical (unpaired) electrons. The van der Waals surface area contributed by atoms with E-state index >= 15 is 0 Å². The van der Waals surface area contributed by atoms with Crippen LogP contribution in [0.25, 0.3) is 0 Å². The second-order valence-corrected chi connectivity index (χ2v) is 16.7. The van der Waals surface area contributed by atoms with Gasteiger partial charge in [0, 0.05) is 12.8 Å². The van der Waals surface area contributed by atoms with Crippen molar-refractivity contribution in [3.05, 3.63) is 0 Å². The molecule has 0 saturated carbocycles. The van der Waals surface area contributed by atoms with Gasteiger partial charge in [-0.1, -0.05) is 175 Å². The van der Waals surface area contributed by atoms with Gasteiger partial charge in [0.05, 0.1) is 13.2 Å². The number of likely N-dealkylation sites (tertiary alicyclic amines) is 1. The van der Waals surface area contributed by atoms with Crippen LogP contribution in [0.2, 0.25) is 0 Å². The van der Waals surface area contributed by atoms with Crippen molar-refractivity contribution in [2.24, 2.45) is 11.8 Å². The van der Waals surface area contributed by atoms with Crippen LogP contribution in [-0.2, 0) is 19.1 Å². The van der Waals surface area contributed by atoms with Gasteiger partial charge in [-0.15, -0.1) is 0 Å². The lowest BCUT2D eigenvalue weighted by molar-refractivity contribution is -0.144. The largest absolute Gasteiger partial charge is 0.466 e. The minimum atomic E-state index is 0.00606. The van der Waals surface area contributed by atoms with Crippen LogP contribution in [0, 0.1) is 11.8 Å². The van der Waals surface area contributed by atoms with Crippen LogP contribution in [0.15, 0.2) is 0 Å². The highest BCUT2D eigenvalue weighted by Gasteiger charge is 2.14. The van der Waals surface area contributed by atoms with Crippen LogP contribution in [0.1, 0.15) is 245 Å². The molecule has 0 aromatic rings. The molecule has 1 atom stereocenters. The maximum Gasteiger partial charge on any atom is 0.305 e. The molecular formula is C47H91NO4. The fourth-order valence-corrected chi connectivity index (χ4v) is 8.25. The zero-order chi connectivity index (χ0) is 37.6. The van der Waals surface area contributed by atoms with Gasteiger partial charge >= 0.3 is 11.9 Å². The molecule has 0 aromatic carbocycles. The highest BCUT2D eigenvalue weighted by Crippen LogP contribution is 2.25. The summed E-state index contributed by atoms with van der Waals surface area (Å²) < 4.78 is 11.2. The Morgan fingerprint density at radius 2 is 0.769 bits per heavy atom. The van der Waals surface area contributed by atoms with E-state index in [1.165, 1.54) is 193 Å². The Balaban J connectivity index is 2.16. The molecule has 0 N–H and O–H groups in total. The van der Waals surface area contributed by atoms with E-state index in [1.807, 2.05) is 0 Å². The molecule has 5 nitrogen and oxygen atoms in total. The van der Waals surface area contributed by atoms with Crippen molar-refractivity contribution in [3.63, 3.8) is 0 Å². The number of hydrogen-bond acceptors (Lipinski definition) is 5. The van der Waals surface area contributed by atoms with Crippen LogP contribution in [-0.4, -0.2) is 49.7 Å². The molecule has 5 heteroatoms. The summed E-state index contributed by atoms with van der Waals surface area (Å²) in [5, 5.41) is 0. The zero-order valence-corrected chi connectivity index (χ0v) is 35.5. The molecule has 0 aromatic heterocycles. The van der Waals surface area contributed by atoms with Crippen molar-refractivity contribution in [3.8, 4) is 0 Å². The number of carbonyl (C=O) groups excluding carboxylic acids is 2. The molecule has 1 unspecified atom stereocenters. The van der Waals surface area contributed by atoms with E-state index in [9.17, 15) is 9.59 Å². The number of ether oxygens (including phenoxy) is 2. The third kappa shape index (κ3) is 32.3. The van der Waals surface area contributed by atoms with Gasteiger partial charge in [0.1, 0.15) is 0 Å². The van der Waals surface area contributed by atoms with E-state index in [1.54, 1.807) is 0 Å². The highest BCUT2D eigenvalue weighted by atomic mass is 16.5. The quantitative estimate of drug-likeness (QED) is 0.0463. The van der Waals surface area contributed by atoms with Crippen LogP contribution in [0.3, 0.4) is 0 Å². The van der Waals surface area contributed by atoms with E-state index in [0.717, 1.165) is 50.4 Å². The Bertz CT molecular complexity index is 754. The van der Waals surface area contributed by atoms with Crippen molar-refractivity contribution in [1.82, 2.24) is 4.90 Å². The number of nitrogens with zero attached hydrogens (tertiary/aromatic N) is 1. The number of rotatable bonds is 40. The topological polar surface area (TPSA) is 55.8 Å². The molecule has 0 bridgehead atoms. The van der Waals surface area contributed by atoms with E-state index in [0.29, 0.717) is 26.1 Å². The number of unbranched alkanes of at least 4 members (excludes halogenated alkanes) is 18. The van der Waals surface area contributed by atoms with E-state index in [4.69, 9.17) is 9.47 Å². The summed E-state index contributed by atoms with van der Waals surface area (Å²) in [6.07, 6.45) is 43.0. The summed E-state index contributed by atoms with van der Waals surface area (Å²) in [5.74, 6) is 1.65. The molecule has 1 aliphatic heterocycles. The lowest BCUT2D eigenvalue weighted by Gasteiger charge is -2.20. The van der Waals surface area contributed by atoms with Crippen molar-refractivity contribution in [2.75, 3.05) is 32.8 Å². The van der Waals surface area contributed by atoms with Gasteiger partial charge < -0.3 is 14.4 Å². The number of hydrogen-bond donors (Lipinski definition) is 0. The maximum absolute atomic E-state index is 12.4. The Morgan fingerprint density at radius 1 is 0.423 bits per heavy atom. The molecule has 1 rings (SSSR count). The Kier molecular flexibility index (Phi) is 35.9. The molecule has 0 spiro atoms. The van der Waals surface area contributed by atoms with Gasteiger partial charge in [-0.25, -0.2) is 0 Å². The fourth-order valence-electron chi connectivity index (χ4n) is 8.25. The summed E-state index contributed by atoms with van der Waals surface area (Å²) in [4.78, 5) is 27.2.